The molecule has 1 aromatic carbocycles. The zero-order valence-electron chi connectivity index (χ0n) is 15.2. The third-order valence-electron chi connectivity index (χ3n) is 4.75. The Hall–Kier alpha value is -2.68. The van der Waals surface area contributed by atoms with Crippen LogP contribution < -0.4 is 4.90 Å². The normalized spacial score (nSPS) is 14.3. The van der Waals surface area contributed by atoms with Crippen LogP contribution in [-0.2, 0) is 6.18 Å². The first kappa shape index (κ1) is 18.7. The summed E-state index contributed by atoms with van der Waals surface area (Å²) >= 11 is 1.27. The first-order chi connectivity index (χ1) is 13.3. The van der Waals surface area contributed by atoms with Crippen molar-refractivity contribution in [1.29, 1.82) is 0 Å². The van der Waals surface area contributed by atoms with Crippen molar-refractivity contribution in [2.45, 2.75) is 31.9 Å². The maximum Gasteiger partial charge on any atom is 0.435 e. The summed E-state index contributed by atoms with van der Waals surface area (Å²) in [6.07, 6.45) is -2.74. The van der Waals surface area contributed by atoms with Crippen LogP contribution in [0.15, 0.2) is 35.8 Å². The summed E-state index contributed by atoms with van der Waals surface area (Å²) in [4.78, 5) is 18.7. The van der Waals surface area contributed by atoms with Crippen LogP contribution in [0.25, 0.3) is 5.69 Å². The number of halogens is 3. The molecule has 4 rings (SSSR count). The number of rotatable bonds is 4. The smallest absolute Gasteiger partial charge is 0.311 e. The predicted octanol–water partition coefficient (Wildman–Crippen LogP) is 4.81. The van der Waals surface area contributed by atoms with Crippen LogP contribution in [0, 0.1) is 6.92 Å². The molecular weight excluding hydrogens is 389 g/mol. The average molecular weight is 406 g/mol. The minimum atomic E-state index is -4.48. The molecule has 0 N–H and O–H groups in total. The SMILES string of the molecule is Cc1ncsc1C(=O)N(C)c1ccc(-n2nc(C(F)(F)F)cc2C2CC2)cc1. The summed E-state index contributed by atoms with van der Waals surface area (Å²) in [5.41, 5.74) is 3.16. The monoisotopic (exact) mass is 406 g/mol. The van der Waals surface area contributed by atoms with E-state index in [1.54, 1.807) is 43.7 Å². The zero-order chi connectivity index (χ0) is 20.1. The van der Waals surface area contributed by atoms with Gasteiger partial charge in [0.05, 0.1) is 16.9 Å². The maximum absolute atomic E-state index is 13.1. The largest absolute Gasteiger partial charge is 0.435 e. The minimum Gasteiger partial charge on any atom is -0.311 e. The Morgan fingerprint density at radius 1 is 1.25 bits per heavy atom. The third kappa shape index (κ3) is 3.42. The van der Waals surface area contributed by atoms with Gasteiger partial charge in [0.1, 0.15) is 4.88 Å². The van der Waals surface area contributed by atoms with Gasteiger partial charge in [-0.1, -0.05) is 0 Å². The van der Waals surface area contributed by atoms with E-state index in [0.29, 0.717) is 27.6 Å². The van der Waals surface area contributed by atoms with Gasteiger partial charge < -0.3 is 4.90 Å². The fourth-order valence-corrected chi connectivity index (χ4v) is 3.78. The molecule has 2 aromatic heterocycles. The average Bonchev–Trinajstić information content (AvgIpc) is 3.25. The molecule has 1 fully saturated rings. The molecule has 9 heteroatoms. The van der Waals surface area contributed by atoms with Crippen molar-refractivity contribution >= 4 is 22.9 Å². The molecule has 28 heavy (non-hydrogen) atoms. The Labute approximate surface area is 163 Å². The molecule has 0 atom stereocenters. The Morgan fingerprint density at radius 3 is 2.46 bits per heavy atom. The number of hydrogen-bond donors (Lipinski definition) is 0. The van der Waals surface area contributed by atoms with Crippen molar-refractivity contribution < 1.29 is 18.0 Å². The molecule has 1 amide bonds. The Morgan fingerprint density at radius 2 is 1.93 bits per heavy atom. The quantitative estimate of drug-likeness (QED) is 0.625. The van der Waals surface area contributed by atoms with Gasteiger partial charge in [-0.2, -0.15) is 18.3 Å². The maximum atomic E-state index is 13.1. The molecule has 0 saturated heterocycles. The van der Waals surface area contributed by atoms with Crippen LogP contribution in [0.1, 0.15) is 45.5 Å². The summed E-state index contributed by atoms with van der Waals surface area (Å²) in [6.45, 7) is 1.77. The number of aromatic nitrogens is 3. The molecule has 0 unspecified atom stereocenters. The van der Waals surface area contributed by atoms with Gasteiger partial charge in [-0.15, -0.1) is 11.3 Å². The van der Waals surface area contributed by atoms with Crippen LogP contribution in [0.2, 0.25) is 0 Å². The zero-order valence-corrected chi connectivity index (χ0v) is 16.0. The first-order valence-electron chi connectivity index (χ1n) is 8.71. The van der Waals surface area contributed by atoms with Crippen molar-refractivity contribution in [2.75, 3.05) is 11.9 Å². The van der Waals surface area contributed by atoms with Gasteiger partial charge in [-0.25, -0.2) is 9.67 Å². The first-order valence-corrected chi connectivity index (χ1v) is 9.59. The van der Waals surface area contributed by atoms with E-state index < -0.39 is 11.9 Å². The van der Waals surface area contributed by atoms with Crippen molar-refractivity contribution in [3.63, 3.8) is 0 Å². The fraction of sp³-hybridized carbons (Fsp3) is 0.316. The van der Waals surface area contributed by atoms with E-state index in [-0.39, 0.29) is 11.8 Å². The summed E-state index contributed by atoms with van der Waals surface area (Å²) in [5.74, 6) is -0.0632. The van der Waals surface area contributed by atoms with E-state index in [1.807, 2.05) is 0 Å². The second-order valence-corrected chi connectivity index (χ2v) is 7.64. The van der Waals surface area contributed by atoms with Gasteiger partial charge in [0.25, 0.3) is 5.91 Å². The highest BCUT2D eigenvalue weighted by Crippen LogP contribution is 2.43. The number of alkyl halides is 3. The predicted molar refractivity (Wildman–Crippen MR) is 100 cm³/mol. The lowest BCUT2D eigenvalue weighted by atomic mass is 10.2. The minimum absolute atomic E-state index is 0.113. The number of nitrogens with zero attached hydrogens (tertiary/aromatic N) is 4. The van der Waals surface area contributed by atoms with Crippen molar-refractivity contribution in [3.8, 4) is 5.69 Å². The molecule has 5 nitrogen and oxygen atoms in total. The lowest BCUT2D eigenvalue weighted by molar-refractivity contribution is -0.141. The number of benzene rings is 1. The van der Waals surface area contributed by atoms with Crippen molar-refractivity contribution in [1.82, 2.24) is 14.8 Å². The molecule has 2 heterocycles. The molecule has 1 saturated carbocycles. The summed E-state index contributed by atoms with van der Waals surface area (Å²) in [7, 11) is 1.65. The highest BCUT2D eigenvalue weighted by atomic mass is 32.1. The molecule has 3 aromatic rings. The molecule has 1 aliphatic rings. The number of hydrogen-bond acceptors (Lipinski definition) is 4. The molecular formula is C19H17F3N4OS. The van der Waals surface area contributed by atoms with E-state index >= 15 is 0 Å². The topological polar surface area (TPSA) is 51.0 Å². The molecule has 146 valence electrons. The van der Waals surface area contributed by atoms with Crippen molar-refractivity contribution in [2.24, 2.45) is 0 Å². The Balaban J connectivity index is 1.63. The Kier molecular flexibility index (Phi) is 4.49. The van der Waals surface area contributed by atoms with Gasteiger partial charge in [-0.05, 0) is 50.1 Å². The summed E-state index contributed by atoms with van der Waals surface area (Å²) < 4.78 is 40.6. The number of carbonyl (C=O) groups excluding carboxylic acids is 1. The highest BCUT2D eigenvalue weighted by Gasteiger charge is 2.38. The van der Waals surface area contributed by atoms with Gasteiger partial charge in [0.2, 0.25) is 0 Å². The number of thiazole rings is 1. The second kappa shape index (κ2) is 6.73. The number of carbonyl (C=O) groups is 1. The fourth-order valence-electron chi connectivity index (χ4n) is 3.00. The van der Waals surface area contributed by atoms with E-state index in [4.69, 9.17) is 0 Å². The Bertz CT molecular complexity index is 1020. The van der Waals surface area contributed by atoms with E-state index in [9.17, 15) is 18.0 Å². The third-order valence-corrected chi connectivity index (χ3v) is 5.67. The number of amides is 1. The lowest BCUT2D eigenvalue weighted by Gasteiger charge is -2.17. The number of aryl methyl sites for hydroxylation is 1. The van der Waals surface area contributed by atoms with E-state index in [0.717, 1.165) is 18.9 Å². The van der Waals surface area contributed by atoms with Gasteiger partial charge in [-0.3, -0.25) is 4.79 Å². The second-order valence-electron chi connectivity index (χ2n) is 6.79. The van der Waals surface area contributed by atoms with Gasteiger partial charge in [0.15, 0.2) is 5.69 Å². The van der Waals surface area contributed by atoms with Crippen LogP contribution in [-0.4, -0.2) is 27.7 Å². The highest BCUT2D eigenvalue weighted by molar-refractivity contribution is 7.12. The van der Waals surface area contributed by atoms with Crippen LogP contribution in [0.5, 0.6) is 0 Å². The van der Waals surface area contributed by atoms with Crippen LogP contribution >= 0.6 is 11.3 Å². The van der Waals surface area contributed by atoms with Crippen LogP contribution in [0.3, 0.4) is 0 Å². The number of anilines is 1. The van der Waals surface area contributed by atoms with Crippen molar-refractivity contribution in [3.05, 3.63) is 57.8 Å². The lowest BCUT2D eigenvalue weighted by Crippen LogP contribution is -2.26. The molecule has 0 bridgehead atoms. The van der Waals surface area contributed by atoms with E-state index in [2.05, 4.69) is 10.1 Å². The van der Waals surface area contributed by atoms with Gasteiger partial charge in [0, 0.05) is 24.3 Å². The standard InChI is InChI=1S/C19H17F3N4OS/c1-11-17(28-10-23-11)18(27)25(2)13-5-7-14(8-6-13)26-15(12-3-4-12)9-16(24-26)19(20,21)22/h5-10,12H,3-4H2,1-2H3. The molecule has 0 spiro atoms. The molecule has 0 radical (unpaired) electrons. The molecule has 1 aliphatic carbocycles. The summed E-state index contributed by atoms with van der Waals surface area (Å²) in [5, 5.41) is 3.78. The summed E-state index contributed by atoms with van der Waals surface area (Å²) in [6, 6.07) is 7.90. The van der Waals surface area contributed by atoms with E-state index in [1.165, 1.54) is 20.9 Å². The van der Waals surface area contributed by atoms with Crippen LogP contribution in [0.4, 0.5) is 18.9 Å². The molecule has 0 aliphatic heterocycles. The van der Waals surface area contributed by atoms with Gasteiger partial charge >= 0.3 is 6.18 Å².